The molecule has 0 aliphatic rings. The van der Waals surface area contributed by atoms with Gasteiger partial charge in [0, 0.05) is 32.7 Å². The Balaban J connectivity index is 1.72. The van der Waals surface area contributed by atoms with Crippen molar-refractivity contribution in [2.24, 2.45) is 0 Å². The fourth-order valence-electron chi connectivity index (χ4n) is 3.07. The fourth-order valence-corrected chi connectivity index (χ4v) is 4.32. The van der Waals surface area contributed by atoms with E-state index in [0.29, 0.717) is 12.3 Å². The van der Waals surface area contributed by atoms with E-state index in [-0.39, 0.29) is 29.5 Å². The molecule has 0 spiro atoms. The summed E-state index contributed by atoms with van der Waals surface area (Å²) < 4.78 is 30.5. The van der Waals surface area contributed by atoms with Crippen LogP contribution in [0.15, 0.2) is 82.3 Å². The molecule has 7 heteroatoms. The van der Waals surface area contributed by atoms with E-state index in [2.05, 4.69) is 0 Å². The highest BCUT2D eigenvalue weighted by Gasteiger charge is 2.21. The summed E-state index contributed by atoms with van der Waals surface area (Å²) >= 11 is 0. The van der Waals surface area contributed by atoms with Gasteiger partial charge in [-0.3, -0.25) is 4.79 Å². The van der Waals surface area contributed by atoms with Crippen LogP contribution in [0.4, 0.5) is 5.69 Å². The molecule has 0 aliphatic carbocycles. The molecule has 6 nitrogen and oxygen atoms in total. The second kappa shape index (κ2) is 9.63. The number of hydrogen-bond acceptors (Lipinski definition) is 5. The van der Waals surface area contributed by atoms with Gasteiger partial charge < -0.3 is 14.2 Å². The van der Waals surface area contributed by atoms with E-state index < -0.39 is 9.84 Å². The third-order valence-electron chi connectivity index (χ3n) is 4.79. The standard InChI is InChI=1S/C23H26N2O4S/c1-24(2)20-12-10-19(11-13-20)17-25(18-21-7-6-15-29-21)23(26)14-16-30(27,28)22-8-4-3-5-9-22/h3-13,15H,14,16-18H2,1-2H3. The predicted molar refractivity (Wildman–Crippen MR) is 117 cm³/mol. The number of carbonyl (C=O) groups excluding carboxylic acids is 1. The Bertz CT molecular complexity index is 1040. The number of hydrogen-bond donors (Lipinski definition) is 0. The third kappa shape index (κ3) is 5.73. The van der Waals surface area contributed by atoms with Crippen molar-refractivity contribution in [3.63, 3.8) is 0 Å². The molecule has 3 rings (SSSR count). The SMILES string of the molecule is CN(C)c1ccc(CN(Cc2ccco2)C(=O)CCS(=O)(=O)c2ccccc2)cc1. The van der Waals surface area contributed by atoms with Gasteiger partial charge in [0.2, 0.25) is 5.91 Å². The largest absolute Gasteiger partial charge is 0.467 e. The summed E-state index contributed by atoms with van der Waals surface area (Å²) in [5.74, 6) is 0.186. The van der Waals surface area contributed by atoms with Gasteiger partial charge in [0.25, 0.3) is 0 Å². The lowest BCUT2D eigenvalue weighted by atomic mass is 10.1. The van der Waals surface area contributed by atoms with Gasteiger partial charge in [-0.25, -0.2) is 8.42 Å². The van der Waals surface area contributed by atoms with E-state index in [1.807, 2.05) is 43.3 Å². The summed E-state index contributed by atoms with van der Waals surface area (Å²) in [6, 6.07) is 19.7. The Kier molecular flexibility index (Phi) is 6.95. The molecule has 3 aromatic rings. The molecule has 30 heavy (non-hydrogen) atoms. The van der Waals surface area contributed by atoms with Crippen LogP contribution >= 0.6 is 0 Å². The van der Waals surface area contributed by atoms with Crippen molar-refractivity contribution in [1.29, 1.82) is 0 Å². The minimum atomic E-state index is -3.52. The van der Waals surface area contributed by atoms with E-state index in [9.17, 15) is 13.2 Å². The molecule has 0 fully saturated rings. The van der Waals surface area contributed by atoms with E-state index in [4.69, 9.17) is 4.42 Å². The topological polar surface area (TPSA) is 70.8 Å². The van der Waals surface area contributed by atoms with Gasteiger partial charge >= 0.3 is 0 Å². The van der Waals surface area contributed by atoms with E-state index >= 15 is 0 Å². The number of sulfone groups is 1. The summed E-state index contributed by atoms with van der Waals surface area (Å²) in [4.78, 5) is 16.8. The molecule has 0 saturated carbocycles. The number of carbonyl (C=O) groups is 1. The average Bonchev–Trinajstić information content (AvgIpc) is 3.26. The number of benzene rings is 2. The maximum atomic E-state index is 12.9. The van der Waals surface area contributed by atoms with Crippen molar-refractivity contribution in [3.8, 4) is 0 Å². The molecular formula is C23H26N2O4S. The van der Waals surface area contributed by atoms with Gasteiger partial charge in [-0.05, 0) is 42.0 Å². The molecule has 1 aromatic heterocycles. The lowest BCUT2D eigenvalue weighted by molar-refractivity contribution is -0.132. The highest BCUT2D eigenvalue weighted by Crippen LogP contribution is 2.17. The first-order valence-corrected chi connectivity index (χ1v) is 11.3. The number of anilines is 1. The Morgan fingerprint density at radius 3 is 2.20 bits per heavy atom. The Labute approximate surface area is 177 Å². The minimum absolute atomic E-state index is 0.0896. The number of amides is 1. The number of rotatable bonds is 9. The molecular weight excluding hydrogens is 400 g/mol. The summed E-state index contributed by atoms with van der Waals surface area (Å²) in [6.45, 7) is 0.658. The second-order valence-electron chi connectivity index (χ2n) is 7.27. The zero-order chi connectivity index (χ0) is 21.6. The van der Waals surface area contributed by atoms with E-state index in [1.54, 1.807) is 53.6 Å². The average molecular weight is 427 g/mol. The molecule has 2 aromatic carbocycles. The van der Waals surface area contributed by atoms with Crippen LogP contribution in [0.25, 0.3) is 0 Å². The Morgan fingerprint density at radius 1 is 0.900 bits per heavy atom. The van der Waals surface area contributed by atoms with Crippen molar-refractivity contribution in [2.45, 2.75) is 24.4 Å². The van der Waals surface area contributed by atoms with Crippen molar-refractivity contribution >= 4 is 21.4 Å². The quantitative estimate of drug-likeness (QED) is 0.521. The van der Waals surface area contributed by atoms with Crippen LogP contribution in [-0.2, 0) is 27.7 Å². The zero-order valence-electron chi connectivity index (χ0n) is 17.2. The summed E-state index contributed by atoms with van der Waals surface area (Å²) in [5.41, 5.74) is 2.03. The van der Waals surface area contributed by atoms with Gasteiger partial charge in [-0.2, -0.15) is 0 Å². The van der Waals surface area contributed by atoms with Crippen molar-refractivity contribution < 1.29 is 17.6 Å². The van der Waals surface area contributed by atoms with Crippen molar-refractivity contribution in [3.05, 3.63) is 84.3 Å². The van der Waals surface area contributed by atoms with Crippen LogP contribution in [0.1, 0.15) is 17.7 Å². The van der Waals surface area contributed by atoms with Gasteiger partial charge in [-0.15, -0.1) is 0 Å². The molecule has 0 atom stereocenters. The molecule has 0 radical (unpaired) electrons. The highest BCUT2D eigenvalue weighted by molar-refractivity contribution is 7.91. The van der Waals surface area contributed by atoms with Crippen LogP contribution < -0.4 is 4.90 Å². The maximum absolute atomic E-state index is 12.9. The van der Waals surface area contributed by atoms with Crippen molar-refractivity contribution in [2.75, 3.05) is 24.7 Å². The van der Waals surface area contributed by atoms with Crippen LogP contribution in [0.5, 0.6) is 0 Å². The maximum Gasteiger partial charge on any atom is 0.224 e. The van der Waals surface area contributed by atoms with Crippen LogP contribution in [0.2, 0.25) is 0 Å². The molecule has 1 amide bonds. The van der Waals surface area contributed by atoms with E-state index in [1.165, 1.54) is 0 Å². The van der Waals surface area contributed by atoms with Gasteiger partial charge in [0.15, 0.2) is 9.84 Å². The number of nitrogens with zero attached hydrogens (tertiary/aromatic N) is 2. The highest BCUT2D eigenvalue weighted by atomic mass is 32.2. The lowest BCUT2D eigenvalue weighted by Gasteiger charge is -2.22. The predicted octanol–water partition coefficient (Wildman–Crippen LogP) is 3.74. The van der Waals surface area contributed by atoms with Crippen molar-refractivity contribution in [1.82, 2.24) is 4.90 Å². The summed E-state index contributed by atoms with van der Waals surface area (Å²) in [5, 5.41) is 0. The first-order valence-electron chi connectivity index (χ1n) is 9.69. The van der Waals surface area contributed by atoms with Crippen LogP contribution in [-0.4, -0.2) is 39.1 Å². The van der Waals surface area contributed by atoms with Gasteiger partial charge in [0.1, 0.15) is 5.76 Å². The summed E-state index contributed by atoms with van der Waals surface area (Å²) in [6.07, 6.45) is 1.47. The molecule has 1 heterocycles. The molecule has 158 valence electrons. The van der Waals surface area contributed by atoms with Gasteiger partial charge in [-0.1, -0.05) is 30.3 Å². The fraction of sp³-hybridized carbons (Fsp3) is 0.261. The lowest BCUT2D eigenvalue weighted by Crippen LogP contribution is -2.31. The summed E-state index contributed by atoms with van der Waals surface area (Å²) in [7, 11) is 0.419. The van der Waals surface area contributed by atoms with E-state index in [0.717, 1.165) is 11.3 Å². The van der Waals surface area contributed by atoms with Gasteiger partial charge in [0.05, 0.1) is 23.5 Å². The molecule has 0 unspecified atom stereocenters. The minimum Gasteiger partial charge on any atom is -0.467 e. The first kappa shape index (κ1) is 21.6. The third-order valence-corrected chi connectivity index (χ3v) is 6.52. The molecule has 0 saturated heterocycles. The normalized spacial score (nSPS) is 11.3. The number of furan rings is 1. The zero-order valence-corrected chi connectivity index (χ0v) is 18.0. The molecule has 0 N–H and O–H groups in total. The molecule has 0 bridgehead atoms. The monoisotopic (exact) mass is 426 g/mol. The Hall–Kier alpha value is -3.06. The smallest absolute Gasteiger partial charge is 0.224 e. The second-order valence-corrected chi connectivity index (χ2v) is 9.38. The van der Waals surface area contributed by atoms with Crippen LogP contribution in [0, 0.1) is 0 Å². The van der Waals surface area contributed by atoms with Crippen LogP contribution in [0.3, 0.4) is 0 Å². The first-order chi connectivity index (χ1) is 14.3. The Morgan fingerprint density at radius 2 is 1.60 bits per heavy atom. The molecule has 0 aliphatic heterocycles.